The monoisotopic (exact) mass is 268 g/mol. The minimum absolute atomic E-state index is 0.499. The maximum Gasteiger partial charge on any atom is 0.122 e. The van der Waals surface area contributed by atoms with Gasteiger partial charge in [0.25, 0.3) is 0 Å². The Bertz CT molecular complexity index is 373. The highest BCUT2D eigenvalue weighted by molar-refractivity contribution is 9.09. The van der Waals surface area contributed by atoms with Crippen molar-refractivity contribution in [3.63, 3.8) is 0 Å². The summed E-state index contributed by atoms with van der Waals surface area (Å²) in [4.78, 5) is 0.499. The fourth-order valence-electron chi connectivity index (χ4n) is 2.51. The molecule has 1 aromatic carbocycles. The number of benzene rings is 1. The molecule has 0 fully saturated rings. The SMILES string of the molecule is COc1ccc(C)c2c1C(C)CCC2Br. The summed E-state index contributed by atoms with van der Waals surface area (Å²) in [6, 6.07) is 4.25. The molecular weight excluding hydrogens is 252 g/mol. The number of rotatable bonds is 1. The lowest BCUT2D eigenvalue weighted by Crippen LogP contribution is -2.12. The second-order valence-electron chi connectivity index (χ2n) is 4.36. The normalized spacial score (nSPS) is 24.8. The van der Waals surface area contributed by atoms with Crippen LogP contribution in [0, 0.1) is 6.92 Å². The van der Waals surface area contributed by atoms with Gasteiger partial charge in [0, 0.05) is 10.4 Å². The van der Waals surface area contributed by atoms with Crippen LogP contribution in [0.25, 0.3) is 0 Å². The van der Waals surface area contributed by atoms with E-state index in [2.05, 4.69) is 41.9 Å². The summed E-state index contributed by atoms with van der Waals surface area (Å²) in [7, 11) is 1.76. The van der Waals surface area contributed by atoms with Crippen molar-refractivity contribution in [2.24, 2.45) is 0 Å². The Labute approximate surface area is 100.0 Å². The van der Waals surface area contributed by atoms with Crippen molar-refractivity contribution in [3.05, 3.63) is 28.8 Å². The second kappa shape index (κ2) is 4.17. The van der Waals surface area contributed by atoms with Crippen LogP contribution in [-0.4, -0.2) is 7.11 Å². The number of methoxy groups -OCH3 is 1. The minimum Gasteiger partial charge on any atom is -0.496 e. The molecule has 0 saturated heterocycles. The molecule has 0 aromatic heterocycles. The molecule has 0 spiro atoms. The number of hydrogen-bond acceptors (Lipinski definition) is 1. The predicted octanol–water partition coefficient (Wildman–Crippen LogP) is 4.34. The third-order valence-electron chi connectivity index (χ3n) is 3.34. The molecule has 0 radical (unpaired) electrons. The molecule has 2 unspecified atom stereocenters. The van der Waals surface area contributed by atoms with Crippen molar-refractivity contribution < 1.29 is 4.74 Å². The van der Waals surface area contributed by atoms with Gasteiger partial charge in [0.05, 0.1) is 7.11 Å². The Morgan fingerprint density at radius 1 is 1.27 bits per heavy atom. The fourth-order valence-corrected chi connectivity index (χ4v) is 3.38. The van der Waals surface area contributed by atoms with E-state index in [0.717, 1.165) is 5.75 Å². The van der Waals surface area contributed by atoms with E-state index >= 15 is 0 Å². The molecule has 82 valence electrons. The zero-order valence-electron chi connectivity index (χ0n) is 9.51. The molecule has 0 bridgehead atoms. The lowest BCUT2D eigenvalue weighted by molar-refractivity contribution is 0.400. The van der Waals surface area contributed by atoms with Crippen LogP contribution < -0.4 is 4.74 Å². The van der Waals surface area contributed by atoms with E-state index in [4.69, 9.17) is 4.74 Å². The maximum absolute atomic E-state index is 5.47. The molecule has 2 atom stereocenters. The predicted molar refractivity (Wildman–Crippen MR) is 67.0 cm³/mol. The van der Waals surface area contributed by atoms with Crippen molar-refractivity contribution in [3.8, 4) is 5.75 Å². The first-order valence-electron chi connectivity index (χ1n) is 5.46. The van der Waals surface area contributed by atoms with Crippen LogP contribution >= 0.6 is 15.9 Å². The molecule has 0 N–H and O–H groups in total. The van der Waals surface area contributed by atoms with Gasteiger partial charge >= 0.3 is 0 Å². The number of fused-ring (bicyclic) bond motifs is 1. The van der Waals surface area contributed by atoms with E-state index < -0.39 is 0 Å². The van der Waals surface area contributed by atoms with Gasteiger partial charge in [-0.25, -0.2) is 0 Å². The zero-order chi connectivity index (χ0) is 11.0. The summed E-state index contributed by atoms with van der Waals surface area (Å²) in [6.07, 6.45) is 2.46. The first-order chi connectivity index (χ1) is 7.15. The van der Waals surface area contributed by atoms with Gasteiger partial charge in [-0.05, 0) is 42.9 Å². The number of aryl methyl sites for hydroxylation is 1. The minimum atomic E-state index is 0.499. The van der Waals surface area contributed by atoms with E-state index in [0.29, 0.717) is 10.7 Å². The quantitative estimate of drug-likeness (QED) is 0.689. The molecule has 0 saturated carbocycles. The van der Waals surface area contributed by atoms with Gasteiger partial charge in [-0.1, -0.05) is 28.9 Å². The fraction of sp³-hybridized carbons (Fsp3) is 0.538. The van der Waals surface area contributed by atoms with Crippen molar-refractivity contribution in [1.29, 1.82) is 0 Å². The van der Waals surface area contributed by atoms with Crippen LogP contribution in [-0.2, 0) is 0 Å². The average Bonchev–Trinajstić information content (AvgIpc) is 2.23. The van der Waals surface area contributed by atoms with Gasteiger partial charge in [-0.2, -0.15) is 0 Å². The van der Waals surface area contributed by atoms with Crippen molar-refractivity contribution in [2.75, 3.05) is 7.11 Å². The maximum atomic E-state index is 5.47. The van der Waals surface area contributed by atoms with Gasteiger partial charge in [0.2, 0.25) is 0 Å². The molecule has 1 aliphatic rings. The van der Waals surface area contributed by atoms with Crippen LogP contribution in [0.1, 0.15) is 47.2 Å². The molecular formula is C13H17BrO. The van der Waals surface area contributed by atoms with Crippen LogP contribution in [0.3, 0.4) is 0 Å². The first kappa shape index (κ1) is 11.0. The topological polar surface area (TPSA) is 9.23 Å². The number of alkyl halides is 1. The summed E-state index contributed by atoms with van der Waals surface area (Å²) in [5.41, 5.74) is 4.23. The van der Waals surface area contributed by atoms with Crippen molar-refractivity contribution in [1.82, 2.24) is 0 Å². The van der Waals surface area contributed by atoms with E-state index in [1.54, 1.807) is 7.11 Å². The molecule has 2 rings (SSSR count). The molecule has 1 aromatic rings. The van der Waals surface area contributed by atoms with Crippen molar-refractivity contribution in [2.45, 2.75) is 37.4 Å². The van der Waals surface area contributed by atoms with Crippen LogP contribution in [0.15, 0.2) is 12.1 Å². The molecule has 2 heteroatoms. The number of hydrogen-bond donors (Lipinski definition) is 0. The highest BCUT2D eigenvalue weighted by atomic mass is 79.9. The first-order valence-corrected chi connectivity index (χ1v) is 6.38. The Kier molecular flexibility index (Phi) is 3.06. The summed E-state index contributed by atoms with van der Waals surface area (Å²) in [5, 5.41) is 0. The highest BCUT2D eigenvalue weighted by Crippen LogP contribution is 2.46. The van der Waals surface area contributed by atoms with Crippen LogP contribution in [0.2, 0.25) is 0 Å². The summed E-state index contributed by atoms with van der Waals surface area (Å²) >= 11 is 3.77. The molecule has 0 amide bonds. The van der Waals surface area contributed by atoms with E-state index in [9.17, 15) is 0 Å². The Morgan fingerprint density at radius 2 is 2.00 bits per heavy atom. The van der Waals surface area contributed by atoms with E-state index in [1.165, 1.54) is 29.5 Å². The highest BCUT2D eigenvalue weighted by Gasteiger charge is 2.27. The molecule has 15 heavy (non-hydrogen) atoms. The number of halogens is 1. The van der Waals surface area contributed by atoms with Crippen molar-refractivity contribution >= 4 is 15.9 Å². The Balaban J connectivity index is 2.63. The Morgan fingerprint density at radius 3 is 2.67 bits per heavy atom. The number of ether oxygens (including phenoxy) is 1. The summed E-state index contributed by atoms with van der Waals surface area (Å²) in [5.74, 6) is 1.66. The van der Waals surface area contributed by atoms with Gasteiger partial charge in [-0.15, -0.1) is 0 Å². The third kappa shape index (κ3) is 1.80. The van der Waals surface area contributed by atoms with Crippen LogP contribution in [0.4, 0.5) is 0 Å². The molecule has 1 aliphatic carbocycles. The van der Waals surface area contributed by atoms with Crippen LogP contribution in [0.5, 0.6) is 5.75 Å². The second-order valence-corrected chi connectivity index (χ2v) is 5.46. The largest absolute Gasteiger partial charge is 0.496 e. The van der Waals surface area contributed by atoms with E-state index in [1.807, 2.05) is 0 Å². The third-order valence-corrected chi connectivity index (χ3v) is 4.26. The lowest BCUT2D eigenvalue weighted by atomic mass is 9.81. The van der Waals surface area contributed by atoms with Gasteiger partial charge in [-0.3, -0.25) is 0 Å². The molecule has 0 heterocycles. The van der Waals surface area contributed by atoms with E-state index in [-0.39, 0.29) is 0 Å². The Hall–Kier alpha value is -0.500. The zero-order valence-corrected chi connectivity index (χ0v) is 11.1. The average molecular weight is 269 g/mol. The standard InChI is InChI=1S/C13H17BrO/c1-8-5-7-11(15-3)13-9(2)4-6-10(14)12(8)13/h5,7,9-10H,4,6H2,1-3H3. The van der Waals surface area contributed by atoms with Gasteiger partial charge in [0.15, 0.2) is 0 Å². The molecule has 0 aliphatic heterocycles. The molecule has 1 nitrogen and oxygen atoms in total. The summed E-state index contributed by atoms with van der Waals surface area (Å²) < 4.78 is 5.47. The van der Waals surface area contributed by atoms with Gasteiger partial charge < -0.3 is 4.74 Å². The van der Waals surface area contributed by atoms with Gasteiger partial charge in [0.1, 0.15) is 5.75 Å². The summed E-state index contributed by atoms with van der Waals surface area (Å²) in [6.45, 7) is 4.48. The lowest BCUT2D eigenvalue weighted by Gasteiger charge is -2.29. The smallest absolute Gasteiger partial charge is 0.122 e.